The molecule has 47 heavy (non-hydrogen) atoms. The number of nitrogens with one attached hydrogen (secondary N) is 1. The Labute approximate surface area is 278 Å². The number of anilines is 1. The van der Waals surface area contributed by atoms with E-state index >= 15 is 0 Å². The molecule has 246 valence electrons. The second kappa shape index (κ2) is 15.8. The Morgan fingerprint density at radius 1 is 0.830 bits per heavy atom. The van der Waals surface area contributed by atoms with Gasteiger partial charge in [-0.3, -0.25) is 13.9 Å². The third kappa shape index (κ3) is 8.80. The SMILES string of the molecule is COc1cccc(CN(C(=O)CN(c2ccccc2)S(=O)(=O)c2ccc(C)cc2)C(Cc2ccccc2)C(=O)NC2CCCCC2)c1. The molecule has 1 fully saturated rings. The molecule has 0 saturated heterocycles. The summed E-state index contributed by atoms with van der Waals surface area (Å²) in [6.07, 6.45) is 5.29. The first-order valence-electron chi connectivity index (χ1n) is 16.2. The molecule has 0 aliphatic heterocycles. The summed E-state index contributed by atoms with van der Waals surface area (Å²) >= 11 is 0. The molecule has 4 aromatic rings. The summed E-state index contributed by atoms with van der Waals surface area (Å²) in [4.78, 5) is 30.5. The largest absolute Gasteiger partial charge is 0.497 e. The summed E-state index contributed by atoms with van der Waals surface area (Å²) in [6, 6.07) is 31.3. The number of sulfonamides is 1. The summed E-state index contributed by atoms with van der Waals surface area (Å²) in [5.41, 5.74) is 2.93. The van der Waals surface area contributed by atoms with Crippen LogP contribution in [0.1, 0.15) is 48.8 Å². The molecule has 2 amide bonds. The minimum Gasteiger partial charge on any atom is -0.497 e. The molecule has 0 heterocycles. The van der Waals surface area contributed by atoms with Crippen molar-refractivity contribution in [2.75, 3.05) is 18.0 Å². The molecule has 0 spiro atoms. The van der Waals surface area contributed by atoms with E-state index in [9.17, 15) is 18.0 Å². The first-order valence-corrected chi connectivity index (χ1v) is 17.6. The molecule has 1 saturated carbocycles. The lowest BCUT2D eigenvalue weighted by atomic mass is 9.94. The lowest BCUT2D eigenvalue weighted by Crippen LogP contribution is -2.55. The quantitative estimate of drug-likeness (QED) is 0.183. The number of carbonyl (C=O) groups excluding carboxylic acids is 2. The number of ether oxygens (including phenoxy) is 1. The van der Waals surface area contributed by atoms with Crippen LogP contribution in [0.4, 0.5) is 5.69 Å². The maximum absolute atomic E-state index is 14.7. The molecule has 9 heteroatoms. The summed E-state index contributed by atoms with van der Waals surface area (Å²) in [6.45, 7) is 1.47. The number of carbonyl (C=O) groups is 2. The zero-order valence-electron chi connectivity index (χ0n) is 27.0. The van der Waals surface area contributed by atoms with Crippen LogP contribution < -0.4 is 14.4 Å². The maximum Gasteiger partial charge on any atom is 0.264 e. The highest BCUT2D eigenvalue weighted by Crippen LogP contribution is 2.26. The highest BCUT2D eigenvalue weighted by Gasteiger charge is 2.35. The number of hydrogen-bond donors (Lipinski definition) is 1. The Bertz CT molecular complexity index is 1720. The first-order chi connectivity index (χ1) is 22.7. The molecule has 1 unspecified atom stereocenters. The molecule has 1 N–H and O–H groups in total. The standard InChI is InChI=1S/C38H43N3O5S/c1-29-21-23-35(24-22-29)47(44,45)41(33-18-10-5-11-19-33)28-37(42)40(27-31-15-12-20-34(25-31)46-2)36(26-30-13-6-3-7-14-30)38(43)39-32-16-8-4-9-17-32/h3,5-7,10-15,18-25,32,36H,4,8-9,16-17,26-28H2,1-2H3,(H,39,43). The lowest BCUT2D eigenvalue weighted by Gasteiger charge is -2.35. The van der Waals surface area contributed by atoms with Gasteiger partial charge in [0, 0.05) is 19.0 Å². The Hall–Kier alpha value is -4.63. The minimum atomic E-state index is -4.15. The Morgan fingerprint density at radius 2 is 1.47 bits per heavy atom. The van der Waals surface area contributed by atoms with Gasteiger partial charge in [0.1, 0.15) is 18.3 Å². The van der Waals surface area contributed by atoms with E-state index < -0.39 is 28.5 Å². The van der Waals surface area contributed by atoms with Crippen molar-refractivity contribution in [3.63, 3.8) is 0 Å². The Kier molecular flexibility index (Phi) is 11.3. The number of methoxy groups -OCH3 is 1. The monoisotopic (exact) mass is 653 g/mol. The highest BCUT2D eigenvalue weighted by atomic mass is 32.2. The zero-order valence-corrected chi connectivity index (χ0v) is 27.9. The molecule has 4 aromatic carbocycles. The molecule has 8 nitrogen and oxygen atoms in total. The first kappa shape index (κ1) is 33.7. The van der Waals surface area contributed by atoms with Crippen molar-refractivity contribution in [3.05, 3.63) is 126 Å². The molecule has 0 bridgehead atoms. The third-order valence-corrected chi connectivity index (χ3v) is 10.4. The number of hydrogen-bond acceptors (Lipinski definition) is 5. The van der Waals surface area contributed by atoms with Crippen LogP contribution in [0, 0.1) is 6.92 Å². The van der Waals surface area contributed by atoms with Gasteiger partial charge in [0.05, 0.1) is 17.7 Å². The van der Waals surface area contributed by atoms with Crippen molar-refractivity contribution in [1.82, 2.24) is 10.2 Å². The molecule has 1 aliphatic carbocycles. The molecule has 1 atom stereocenters. The third-order valence-electron chi connectivity index (χ3n) is 8.64. The molecular weight excluding hydrogens is 611 g/mol. The van der Waals surface area contributed by atoms with Crippen LogP contribution in [0.15, 0.2) is 114 Å². The molecule has 0 aromatic heterocycles. The normalized spacial score (nSPS) is 14.2. The van der Waals surface area contributed by atoms with Gasteiger partial charge in [0.15, 0.2) is 0 Å². The van der Waals surface area contributed by atoms with E-state index in [2.05, 4.69) is 5.32 Å². The summed E-state index contributed by atoms with van der Waals surface area (Å²) in [7, 11) is -2.57. The van der Waals surface area contributed by atoms with Gasteiger partial charge < -0.3 is 15.0 Å². The van der Waals surface area contributed by atoms with Gasteiger partial charge in [-0.2, -0.15) is 0 Å². The van der Waals surface area contributed by atoms with Crippen LogP contribution in [-0.2, 0) is 32.6 Å². The highest BCUT2D eigenvalue weighted by molar-refractivity contribution is 7.92. The number of amides is 2. The maximum atomic E-state index is 14.7. The van der Waals surface area contributed by atoms with Gasteiger partial charge in [-0.1, -0.05) is 97.6 Å². The summed E-state index contributed by atoms with van der Waals surface area (Å²) in [5, 5.41) is 3.24. The minimum absolute atomic E-state index is 0.0334. The Balaban J connectivity index is 1.56. The fourth-order valence-electron chi connectivity index (χ4n) is 6.03. The van der Waals surface area contributed by atoms with E-state index in [0.29, 0.717) is 11.4 Å². The van der Waals surface area contributed by atoms with Crippen LogP contribution in [0.5, 0.6) is 5.75 Å². The number of nitrogens with zero attached hydrogens (tertiary/aromatic N) is 2. The van der Waals surface area contributed by atoms with E-state index in [-0.39, 0.29) is 29.8 Å². The number of aryl methyl sites for hydroxylation is 1. The number of para-hydroxylation sites is 1. The van der Waals surface area contributed by atoms with Crippen molar-refractivity contribution < 1.29 is 22.7 Å². The van der Waals surface area contributed by atoms with Crippen molar-refractivity contribution in [3.8, 4) is 5.75 Å². The van der Waals surface area contributed by atoms with Gasteiger partial charge in [0.25, 0.3) is 10.0 Å². The van der Waals surface area contributed by atoms with Crippen molar-refractivity contribution >= 4 is 27.5 Å². The van der Waals surface area contributed by atoms with Gasteiger partial charge >= 0.3 is 0 Å². The average Bonchev–Trinajstić information content (AvgIpc) is 3.10. The van der Waals surface area contributed by atoms with E-state index in [1.54, 1.807) is 61.7 Å². The van der Waals surface area contributed by atoms with Gasteiger partial charge in [-0.05, 0) is 67.3 Å². The van der Waals surface area contributed by atoms with E-state index in [1.807, 2.05) is 61.5 Å². The lowest BCUT2D eigenvalue weighted by molar-refractivity contribution is -0.140. The smallest absolute Gasteiger partial charge is 0.264 e. The van der Waals surface area contributed by atoms with Crippen LogP contribution in [0.3, 0.4) is 0 Å². The second-order valence-corrected chi connectivity index (χ2v) is 13.9. The van der Waals surface area contributed by atoms with Gasteiger partial charge in [0.2, 0.25) is 11.8 Å². The average molecular weight is 654 g/mol. The summed E-state index contributed by atoms with van der Waals surface area (Å²) in [5.74, 6) is -0.120. The summed E-state index contributed by atoms with van der Waals surface area (Å²) < 4.78 is 34.9. The van der Waals surface area contributed by atoms with Crippen molar-refractivity contribution in [2.24, 2.45) is 0 Å². The number of rotatable bonds is 13. The van der Waals surface area contributed by atoms with Crippen LogP contribution in [-0.4, -0.2) is 50.9 Å². The topological polar surface area (TPSA) is 96.0 Å². The predicted molar refractivity (Wildman–Crippen MR) is 185 cm³/mol. The predicted octanol–water partition coefficient (Wildman–Crippen LogP) is 6.29. The van der Waals surface area contributed by atoms with Crippen LogP contribution >= 0.6 is 0 Å². The molecule has 1 aliphatic rings. The number of benzene rings is 4. The molecule has 5 rings (SSSR count). The fourth-order valence-corrected chi connectivity index (χ4v) is 7.44. The Morgan fingerprint density at radius 3 is 2.13 bits per heavy atom. The zero-order chi connectivity index (χ0) is 33.2. The van der Waals surface area contributed by atoms with E-state index in [1.165, 1.54) is 4.90 Å². The van der Waals surface area contributed by atoms with E-state index in [4.69, 9.17) is 4.74 Å². The van der Waals surface area contributed by atoms with Crippen molar-refractivity contribution in [2.45, 2.75) is 69.0 Å². The molecular formula is C38H43N3O5S. The van der Waals surface area contributed by atoms with Gasteiger partial charge in [-0.15, -0.1) is 0 Å². The van der Waals surface area contributed by atoms with Gasteiger partial charge in [-0.25, -0.2) is 8.42 Å². The second-order valence-electron chi connectivity index (χ2n) is 12.1. The van der Waals surface area contributed by atoms with Crippen LogP contribution in [0.25, 0.3) is 0 Å². The van der Waals surface area contributed by atoms with Crippen molar-refractivity contribution in [1.29, 1.82) is 0 Å². The van der Waals surface area contributed by atoms with Crippen LogP contribution in [0.2, 0.25) is 0 Å². The molecule has 0 radical (unpaired) electrons. The van der Waals surface area contributed by atoms with E-state index in [0.717, 1.165) is 53.1 Å². The fraction of sp³-hybridized carbons (Fsp3) is 0.316.